The van der Waals surface area contributed by atoms with Crippen molar-refractivity contribution in [3.05, 3.63) is 76.5 Å². The fourth-order valence-corrected chi connectivity index (χ4v) is 8.70. The van der Waals surface area contributed by atoms with E-state index in [1.165, 1.54) is 18.2 Å². The maximum Gasteiger partial charge on any atom is 0.280 e. The molecule has 2 saturated carbocycles. The highest BCUT2D eigenvalue weighted by Gasteiger charge is 2.41. The number of alkyl halides is 2. The number of likely N-dealkylation sites (tertiary alicyclic amines) is 1. The summed E-state index contributed by atoms with van der Waals surface area (Å²) >= 11 is 0. The Morgan fingerprint density at radius 2 is 1.81 bits per heavy atom. The molecule has 4 aliphatic rings. The molecule has 0 unspecified atom stereocenters. The van der Waals surface area contributed by atoms with Gasteiger partial charge in [-0.25, -0.2) is 23.1 Å². The number of aryl methyl sites for hydroxylation is 2. The van der Waals surface area contributed by atoms with E-state index in [1.54, 1.807) is 6.07 Å². The Bertz CT molecular complexity index is 2240. The fraction of sp³-hybridized carbons (Fsp3) is 0.462. The van der Waals surface area contributed by atoms with Gasteiger partial charge in [0.15, 0.2) is 5.82 Å². The summed E-state index contributed by atoms with van der Waals surface area (Å²) in [5.41, 5.74) is 10.0. The molecule has 4 bridgehead atoms. The van der Waals surface area contributed by atoms with Gasteiger partial charge in [-0.15, -0.1) is 0 Å². The van der Waals surface area contributed by atoms with Crippen LogP contribution in [0.1, 0.15) is 115 Å². The van der Waals surface area contributed by atoms with Gasteiger partial charge < -0.3 is 25.1 Å². The Morgan fingerprint density at radius 1 is 0.981 bits per heavy atom. The molecule has 1 saturated heterocycles. The lowest BCUT2D eigenvalue weighted by molar-refractivity contribution is 0.0603. The third kappa shape index (κ3) is 5.64. The summed E-state index contributed by atoms with van der Waals surface area (Å²) in [6.07, 6.45) is 4.42. The van der Waals surface area contributed by atoms with Crippen molar-refractivity contribution in [2.75, 3.05) is 6.54 Å². The van der Waals surface area contributed by atoms with E-state index in [4.69, 9.17) is 15.7 Å². The van der Waals surface area contributed by atoms with Crippen molar-refractivity contribution in [1.29, 1.82) is 0 Å². The number of carbonyl (C=O) groups is 2. The van der Waals surface area contributed by atoms with Crippen LogP contribution in [0.3, 0.4) is 0 Å². The second kappa shape index (κ2) is 12.7. The Kier molecular flexibility index (Phi) is 8.09. The molecule has 4 aromatic heterocycles. The van der Waals surface area contributed by atoms with Gasteiger partial charge in [-0.1, -0.05) is 6.42 Å². The van der Waals surface area contributed by atoms with E-state index < -0.39 is 18.3 Å². The van der Waals surface area contributed by atoms with E-state index in [9.17, 15) is 18.4 Å². The van der Waals surface area contributed by atoms with Gasteiger partial charge in [-0.2, -0.15) is 0 Å². The molecule has 3 fully saturated rings. The first kappa shape index (κ1) is 33.1. The lowest BCUT2D eigenvalue weighted by Gasteiger charge is -2.37. The van der Waals surface area contributed by atoms with E-state index >= 15 is 4.39 Å². The minimum Gasteiger partial charge on any atom is -0.344 e. The highest BCUT2D eigenvalue weighted by atomic mass is 19.3. The van der Waals surface area contributed by atoms with Gasteiger partial charge in [0.2, 0.25) is 0 Å². The number of hydrogen-bond donors (Lipinski definition) is 2. The molecule has 9 rings (SSSR count). The van der Waals surface area contributed by atoms with Crippen LogP contribution in [-0.4, -0.2) is 59.4 Å². The number of nitrogens with two attached hydrogens (primary N) is 1. The average Bonchev–Trinajstić information content (AvgIpc) is 3.60. The number of carbonyl (C=O) groups excluding carboxylic acids is 2. The van der Waals surface area contributed by atoms with Crippen LogP contribution in [0.25, 0.3) is 33.6 Å². The minimum absolute atomic E-state index is 0.0686. The first-order chi connectivity index (χ1) is 25.1. The van der Waals surface area contributed by atoms with Crippen molar-refractivity contribution in [3.8, 4) is 11.5 Å². The number of benzene rings is 1. The summed E-state index contributed by atoms with van der Waals surface area (Å²) in [6, 6.07) is 11.3. The van der Waals surface area contributed by atoms with Crippen molar-refractivity contribution in [2.45, 2.75) is 102 Å². The summed E-state index contributed by atoms with van der Waals surface area (Å²) in [5.74, 6) is 0.00503. The smallest absolute Gasteiger partial charge is 0.280 e. The van der Waals surface area contributed by atoms with E-state index in [0.29, 0.717) is 65.7 Å². The van der Waals surface area contributed by atoms with Gasteiger partial charge in [-0.3, -0.25) is 14.6 Å². The number of nitrogens with zero attached hydrogens (tertiary/aromatic N) is 6. The quantitative estimate of drug-likeness (QED) is 0.207. The third-order valence-corrected chi connectivity index (χ3v) is 11.6. The topological polar surface area (TPSA) is 124 Å². The number of rotatable bonds is 4. The highest BCUT2D eigenvalue weighted by Crippen LogP contribution is 2.44. The van der Waals surface area contributed by atoms with Crippen molar-refractivity contribution in [3.63, 3.8) is 0 Å². The lowest BCUT2D eigenvalue weighted by Crippen LogP contribution is -2.51. The molecule has 2 aliphatic heterocycles. The number of fused-ring (bicyclic) bond motifs is 5. The van der Waals surface area contributed by atoms with Crippen molar-refractivity contribution in [2.24, 2.45) is 11.7 Å². The molecule has 0 radical (unpaired) electrons. The number of piperidine rings is 1. The largest absolute Gasteiger partial charge is 0.344 e. The predicted octanol–water partition coefficient (Wildman–Crippen LogP) is 7.03. The zero-order valence-electron chi connectivity index (χ0n) is 29.0. The van der Waals surface area contributed by atoms with Crippen LogP contribution in [0.4, 0.5) is 13.2 Å². The monoisotopic (exact) mass is 710 g/mol. The summed E-state index contributed by atoms with van der Waals surface area (Å²) in [4.78, 5) is 43.4. The van der Waals surface area contributed by atoms with Crippen molar-refractivity contribution in [1.82, 2.24) is 34.3 Å². The number of nitrogens with one attached hydrogen (secondary N) is 1. The Morgan fingerprint density at radius 3 is 2.62 bits per heavy atom. The van der Waals surface area contributed by atoms with Gasteiger partial charge >= 0.3 is 0 Å². The normalized spacial score (nSPS) is 23.7. The predicted molar refractivity (Wildman–Crippen MR) is 189 cm³/mol. The Labute approximate surface area is 298 Å². The first-order valence-corrected chi connectivity index (χ1v) is 18.5. The molecule has 3 N–H and O–H groups in total. The lowest BCUT2D eigenvalue weighted by atomic mass is 9.94. The van der Waals surface area contributed by atoms with E-state index in [2.05, 4.69) is 14.9 Å². The second-order valence-corrected chi connectivity index (χ2v) is 15.1. The molecule has 2 aliphatic carbocycles. The fourth-order valence-electron chi connectivity index (χ4n) is 8.70. The van der Waals surface area contributed by atoms with Gasteiger partial charge in [0.05, 0.1) is 34.2 Å². The number of hydrogen-bond acceptors (Lipinski definition) is 6. The minimum atomic E-state index is -2.73. The summed E-state index contributed by atoms with van der Waals surface area (Å²) in [6.45, 7) is 2.90. The van der Waals surface area contributed by atoms with Crippen LogP contribution >= 0.6 is 0 Å². The zero-order valence-corrected chi connectivity index (χ0v) is 29.0. The molecule has 6 heterocycles. The molecular weight excluding hydrogens is 669 g/mol. The van der Waals surface area contributed by atoms with E-state index in [0.717, 1.165) is 61.7 Å². The van der Waals surface area contributed by atoms with Crippen LogP contribution in [-0.2, 0) is 13.0 Å². The molecule has 0 spiro atoms. The molecular formula is C39H41F3N8O2. The van der Waals surface area contributed by atoms with Crippen LogP contribution < -0.4 is 11.1 Å². The molecule has 4 atom stereocenters. The standard InChI is InChI=1S/C39H41F3N8O2/c1-20-29-12-7-22-18-33(48(36(22)46-29)14-4-2-3-5-30-26(38(51)44-20)11-13-31(45-30)35(41)42)37-47-32-17-23(16-27(40)34(32)50(37)24-9-10-24)39(52)49-19-28(43)21-6-8-25(49)15-21/h7,11-13,16-18,20-21,24-25,28,35H,2-6,8-10,14-15,19,43H2,1H3,(H,44,51)/t20-,21-,25+,28+/m1/s1. The summed E-state index contributed by atoms with van der Waals surface area (Å²) in [5, 5.41) is 3.88. The van der Waals surface area contributed by atoms with Gasteiger partial charge in [0, 0.05) is 42.2 Å². The molecule has 270 valence electrons. The van der Waals surface area contributed by atoms with Crippen molar-refractivity contribution < 1.29 is 22.8 Å². The SMILES string of the molecule is C[C@H]1NC(=O)c2ccc(C(F)F)nc2CCCCCn2c(-c3nc4cc(C(=O)N5C[C@H](N)[C@@H]6CC[C@H]5C6)cc(F)c4n3C3CC3)cc3ccc1nc32. The molecule has 10 nitrogen and oxygen atoms in total. The van der Waals surface area contributed by atoms with Crippen LogP contribution in [0, 0.1) is 11.7 Å². The number of imidazole rings is 1. The number of amides is 2. The molecule has 1 aromatic carbocycles. The molecule has 2 amide bonds. The second-order valence-electron chi connectivity index (χ2n) is 15.1. The summed E-state index contributed by atoms with van der Waals surface area (Å²) < 4.78 is 47.5. The number of aromatic nitrogens is 5. The average molecular weight is 711 g/mol. The van der Waals surface area contributed by atoms with Gasteiger partial charge in [0.1, 0.15) is 22.7 Å². The van der Waals surface area contributed by atoms with E-state index in [1.807, 2.05) is 34.6 Å². The Hall–Kier alpha value is -4.78. The zero-order chi connectivity index (χ0) is 35.8. The molecule has 5 aromatic rings. The number of pyridine rings is 2. The Balaban J connectivity index is 1.11. The highest BCUT2D eigenvalue weighted by molar-refractivity contribution is 5.99. The molecule has 13 heteroatoms. The molecule has 52 heavy (non-hydrogen) atoms. The van der Waals surface area contributed by atoms with Gasteiger partial charge in [-0.05, 0) is 107 Å². The van der Waals surface area contributed by atoms with Crippen molar-refractivity contribution >= 4 is 33.9 Å². The maximum atomic E-state index is 16.3. The van der Waals surface area contributed by atoms with Crippen LogP contribution in [0.15, 0.2) is 42.5 Å². The summed E-state index contributed by atoms with van der Waals surface area (Å²) in [7, 11) is 0. The third-order valence-electron chi connectivity index (χ3n) is 11.6. The van der Waals surface area contributed by atoms with E-state index in [-0.39, 0.29) is 41.2 Å². The maximum absolute atomic E-state index is 16.3. The van der Waals surface area contributed by atoms with Gasteiger partial charge in [0.25, 0.3) is 18.2 Å². The van der Waals surface area contributed by atoms with Crippen LogP contribution in [0.2, 0.25) is 0 Å². The number of halogens is 3. The first-order valence-electron chi connectivity index (χ1n) is 18.5. The van der Waals surface area contributed by atoms with Crippen LogP contribution in [0.5, 0.6) is 0 Å².